The highest BCUT2D eigenvalue weighted by Gasteiger charge is 2.39. The normalized spacial score (nSPS) is 21.3. The largest absolute Gasteiger partial charge is 0.299 e. The molecule has 35 heavy (non-hydrogen) atoms. The van der Waals surface area contributed by atoms with Crippen molar-refractivity contribution in [3.05, 3.63) is 76.6 Å². The zero-order valence-electron chi connectivity index (χ0n) is 19.7. The maximum absolute atomic E-state index is 14.4. The van der Waals surface area contributed by atoms with E-state index in [1.807, 2.05) is 10.9 Å². The minimum absolute atomic E-state index is 0.00880. The summed E-state index contributed by atoms with van der Waals surface area (Å²) in [6.45, 7) is 6.08. The molecule has 2 unspecified atom stereocenters. The first-order valence-corrected chi connectivity index (χ1v) is 12.3. The fourth-order valence-electron chi connectivity index (χ4n) is 5.28. The van der Waals surface area contributed by atoms with Crippen LogP contribution >= 0.6 is 0 Å². The molecule has 8 heteroatoms. The van der Waals surface area contributed by atoms with Gasteiger partial charge in [-0.1, -0.05) is 31.2 Å². The number of likely N-dealkylation sites (tertiary alicyclic amines) is 1. The maximum Gasteiger partial charge on any atom is 0.185 e. The van der Waals surface area contributed by atoms with E-state index in [0.717, 1.165) is 49.7 Å². The molecule has 0 radical (unpaired) electrons. The predicted molar refractivity (Wildman–Crippen MR) is 132 cm³/mol. The number of aliphatic imine (C=N–C) groups is 2. The lowest BCUT2D eigenvalue weighted by Gasteiger charge is -2.31. The molecule has 1 saturated heterocycles. The molecular weight excluding hydrogens is 443 g/mol. The van der Waals surface area contributed by atoms with Crippen LogP contribution in [0.2, 0.25) is 0 Å². The molecule has 178 valence electrons. The fraction of sp³-hybridized carbons (Fsp3) is 0.370. The van der Waals surface area contributed by atoms with Crippen molar-refractivity contribution in [2.24, 2.45) is 9.98 Å². The van der Waals surface area contributed by atoms with Gasteiger partial charge in [0.15, 0.2) is 5.78 Å². The first-order valence-electron chi connectivity index (χ1n) is 12.3. The molecular formula is C27H27FN6O. The van der Waals surface area contributed by atoms with Crippen molar-refractivity contribution in [2.75, 3.05) is 19.6 Å². The first-order chi connectivity index (χ1) is 17.1. The number of Topliss-reactive ketones (excluding diaryl/α,β-unsaturated/α-hetero) is 1. The summed E-state index contributed by atoms with van der Waals surface area (Å²) >= 11 is 0. The van der Waals surface area contributed by atoms with E-state index in [9.17, 15) is 9.18 Å². The molecule has 2 aromatic carbocycles. The summed E-state index contributed by atoms with van der Waals surface area (Å²) in [6.07, 6.45) is 5.61. The maximum atomic E-state index is 14.4. The number of benzene rings is 2. The summed E-state index contributed by atoms with van der Waals surface area (Å²) in [6, 6.07) is 11.3. The quantitative estimate of drug-likeness (QED) is 0.538. The lowest BCUT2D eigenvalue weighted by atomic mass is 9.78. The van der Waals surface area contributed by atoms with Crippen molar-refractivity contribution in [3.63, 3.8) is 0 Å². The van der Waals surface area contributed by atoms with Crippen molar-refractivity contribution >= 4 is 23.4 Å². The van der Waals surface area contributed by atoms with Gasteiger partial charge in [0.1, 0.15) is 24.5 Å². The van der Waals surface area contributed by atoms with Gasteiger partial charge in [-0.3, -0.25) is 19.7 Å². The van der Waals surface area contributed by atoms with Crippen LogP contribution in [0, 0.1) is 5.82 Å². The zero-order chi connectivity index (χ0) is 23.9. The van der Waals surface area contributed by atoms with Gasteiger partial charge in [-0.2, -0.15) is 5.10 Å². The summed E-state index contributed by atoms with van der Waals surface area (Å²) in [5.74, 6) is -0.368. The third-order valence-corrected chi connectivity index (χ3v) is 7.14. The summed E-state index contributed by atoms with van der Waals surface area (Å²) < 4.78 is 16.4. The summed E-state index contributed by atoms with van der Waals surface area (Å²) in [5, 5.41) is 4.47. The molecule has 3 aromatic rings. The molecule has 1 aromatic heterocycles. The highest BCUT2D eigenvalue weighted by atomic mass is 19.1. The van der Waals surface area contributed by atoms with Crippen LogP contribution in [0.4, 0.5) is 10.1 Å². The molecule has 3 aliphatic heterocycles. The lowest BCUT2D eigenvalue weighted by molar-refractivity contribution is 0.0999. The number of carbonyl (C=O) groups is 1. The third kappa shape index (κ3) is 3.91. The molecule has 1 fully saturated rings. The van der Waals surface area contributed by atoms with Gasteiger partial charge in [-0.15, -0.1) is 0 Å². The molecule has 0 spiro atoms. The van der Waals surface area contributed by atoms with Gasteiger partial charge < -0.3 is 0 Å². The Balaban J connectivity index is 1.48. The molecule has 2 atom stereocenters. The number of ketones is 1. The van der Waals surface area contributed by atoms with Crippen LogP contribution < -0.4 is 0 Å². The van der Waals surface area contributed by atoms with E-state index >= 15 is 0 Å². The smallest absolute Gasteiger partial charge is 0.185 e. The number of halogens is 1. The molecule has 0 aliphatic carbocycles. The van der Waals surface area contributed by atoms with E-state index in [0.29, 0.717) is 16.8 Å². The Morgan fingerprint density at radius 2 is 1.97 bits per heavy atom. The van der Waals surface area contributed by atoms with E-state index in [2.05, 4.69) is 46.2 Å². The Bertz CT molecular complexity index is 1340. The van der Waals surface area contributed by atoms with Gasteiger partial charge in [0.2, 0.25) is 0 Å². The van der Waals surface area contributed by atoms with Crippen molar-refractivity contribution in [1.82, 2.24) is 19.7 Å². The fourth-order valence-corrected chi connectivity index (χ4v) is 5.28. The summed E-state index contributed by atoms with van der Waals surface area (Å²) in [4.78, 5) is 29.2. The topological polar surface area (TPSA) is 75.7 Å². The number of hydrogen-bond acceptors (Lipinski definition) is 6. The van der Waals surface area contributed by atoms with Gasteiger partial charge in [0.05, 0.1) is 17.3 Å². The van der Waals surface area contributed by atoms with Crippen LogP contribution in [0.3, 0.4) is 0 Å². The van der Waals surface area contributed by atoms with Crippen LogP contribution in [0.25, 0.3) is 0 Å². The molecule has 7 nitrogen and oxygen atoms in total. The summed E-state index contributed by atoms with van der Waals surface area (Å²) in [5.41, 5.74) is 4.48. The van der Waals surface area contributed by atoms with Crippen LogP contribution in [-0.2, 0) is 13.1 Å². The zero-order valence-corrected chi connectivity index (χ0v) is 19.7. The molecule has 3 aliphatic rings. The van der Waals surface area contributed by atoms with Gasteiger partial charge in [-0.05, 0) is 43.1 Å². The minimum atomic E-state index is -0.468. The van der Waals surface area contributed by atoms with E-state index in [4.69, 9.17) is 9.98 Å². The molecule has 0 N–H and O–H groups in total. The Morgan fingerprint density at radius 3 is 2.71 bits per heavy atom. The number of carbonyl (C=O) groups excluding carboxylic acids is 1. The standard InChI is InChI=1S/C27H27FN6O/c1-2-8-34-27(31-16-32-34)25-21(18-6-4-17(5-7-18)15-33-9-3-10-33)13-29-22-12-19(28)11-20-23(35)14-30-26(25)24(20)22/h4-7,11-13,16,21,25H,2-3,8-10,14-15H2,1H3. The monoisotopic (exact) mass is 470 g/mol. The summed E-state index contributed by atoms with van der Waals surface area (Å²) in [7, 11) is 0. The van der Waals surface area contributed by atoms with Crippen LogP contribution in [0.1, 0.15) is 64.5 Å². The van der Waals surface area contributed by atoms with Crippen molar-refractivity contribution in [1.29, 1.82) is 0 Å². The van der Waals surface area contributed by atoms with E-state index in [-0.39, 0.29) is 24.2 Å². The van der Waals surface area contributed by atoms with Gasteiger partial charge in [-0.25, -0.2) is 14.1 Å². The number of nitrogens with zero attached hydrogens (tertiary/aromatic N) is 6. The minimum Gasteiger partial charge on any atom is -0.299 e. The molecule has 4 heterocycles. The average molecular weight is 471 g/mol. The molecule has 0 saturated carbocycles. The number of aryl methyl sites for hydroxylation is 1. The Morgan fingerprint density at radius 1 is 1.14 bits per heavy atom. The lowest BCUT2D eigenvalue weighted by Crippen LogP contribution is -2.36. The Labute approximate surface area is 203 Å². The number of rotatable bonds is 6. The average Bonchev–Trinajstić information content (AvgIpc) is 3.21. The number of aromatic nitrogens is 3. The van der Waals surface area contributed by atoms with Gasteiger partial charge in [0, 0.05) is 42.4 Å². The molecule has 0 bridgehead atoms. The SMILES string of the molecule is CCCn1ncnc1C1C2=NCC(=O)c3cc(F)cc(c32)N=CC1c1ccc(CN2CCC2)cc1. The molecule has 6 rings (SSSR count). The van der Waals surface area contributed by atoms with Crippen molar-refractivity contribution in [3.8, 4) is 0 Å². The van der Waals surface area contributed by atoms with Crippen molar-refractivity contribution in [2.45, 2.75) is 44.7 Å². The second-order valence-electron chi connectivity index (χ2n) is 9.47. The first kappa shape index (κ1) is 22.0. The van der Waals surface area contributed by atoms with Crippen LogP contribution in [-0.4, -0.2) is 57.0 Å². The Hall–Kier alpha value is -3.52. The Kier molecular flexibility index (Phi) is 5.60. The predicted octanol–water partition coefficient (Wildman–Crippen LogP) is 4.30. The highest BCUT2D eigenvalue weighted by Crippen LogP contribution is 2.42. The van der Waals surface area contributed by atoms with E-state index in [1.165, 1.54) is 24.1 Å². The van der Waals surface area contributed by atoms with Gasteiger partial charge in [0.25, 0.3) is 0 Å². The van der Waals surface area contributed by atoms with Crippen molar-refractivity contribution < 1.29 is 9.18 Å². The van der Waals surface area contributed by atoms with E-state index in [1.54, 1.807) is 6.33 Å². The highest BCUT2D eigenvalue weighted by molar-refractivity contribution is 6.21. The second-order valence-corrected chi connectivity index (χ2v) is 9.47. The number of hydrogen-bond donors (Lipinski definition) is 0. The third-order valence-electron chi connectivity index (χ3n) is 7.14. The second kappa shape index (κ2) is 8.92. The van der Waals surface area contributed by atoms with E-state index < -0.39 is 5.82 Å². The molecule has 0 amide bonds. The van der Waals surface area contributed by atoms with Crippen LogP contribution in [0.15, 0.2) is 52.7 Å². The van der Waals surface area contributed by atoms with Crippen LogP contribution in [0.5, 0.6) is 0 Å². The van der Waals surface area contributed by atoms with Gasteiger partial charge >= 0.3 is 0 Å².